The average Bonchev–Trinajstić information content (AvgIpc) is 2.67. The predicted molar refractivity (Wildman–Crippen MR) is 62.6 cm³/mol. The molecular formula is C12H23N3. The Morgan fingerprint density at radius 2 is 2.00 bits per heavy atom. The molecule has 0 saturated heterocycles. The smallest absolute Gasteiger partial charge is 0.0622 e. The minimum Gasteiger partial charge on any atom is -0.315 e. The lowest BCUT2D eigenvalue weighted by molar-refractivity contribution is 0.154. The molecule has 0 atom stereocenters. The SMILES string of the molecule is CN(C)C1(CNCCCC#N)CCCC1. The van der Waals surface area contributed by atoms with Gasteiger partial charge >= 0.3 is 0 Å². The van der Waals surface area contributed by atoms with Gasteiger partial charge in [-0.3, -0.25) is 0 Å². The molecule has 0 radical (unpaired) electrons. The molecule has 0 heterocycles. The normalized spacial score (nSPS) is 19.3. The number of hydrogen-bond acceptors (Lipinski definition) is 3. The number of hydrogen-bond donors (Lipinski definition) is 1. The van der Waals surface area contributed by atoms with Gasteiger partial charge in [-0.15, -0.1) is 0 Å². The molecule has 1 saturated carbocycles. The highest BCUT2D eigenvalue weighted by Crippen LogP contribution is 2.32. The molecule has 0 aliphatic heterocycles. The summed E-state index contributed by atoms with van der Waals surface area (Å²) in [5.41, 5.74) is 0.382. The Labute approximate surface area is 93.5 Å². The van der Waals surface area contributed by atoms with Crippen molar-refractivity contribution in [3.8, 4) is 6.07 Å². The Morgan fingerprint density at radius 3 is 2.53 bits per heavy atom. The maximum Gasteiger partial charge on any atom is 0.0622 e. The summed E-state index contributed by atoms with van der Waals surface area (Å²) in [6, 6.07) is 2.18. The highest BCUT2D eigenvalue weighted by molar-refractivity contribution is 4.94. The lowest BCUT2D eigenvalue weighted by Gasteiger charge is -2.36. The fraction of sp³-hybridized carbons (Fsp3) is 0.917. The van der Waals surface area contributed by atoms with E-state index in [4.69, 9.17) is 5.26 Å². The van der Waals surface area contributed by atoms with Crippen molar-refractivity contribution in [3.05, 3.63) is 0 Å². The summed E-state index contributed by atoms with van der Waals surface area (Å²) in [7, 11) is 4.37. The molecule has 1 fully saturated rings. The largest absolute Gasteiger partial charge is 0.315 e. The molecule has 15 heavy (non-hydrogen) atoms. The average molecular weight is 209 g/mol. The first kappa shape index (κ1) is 12.5. The summed E-state index contributed by atoms with van der Waals surface area (Å²) >= 11 is 0. The molecule has 0 amide bonds. The number of nitrogens with one attached hydrogen (secondary N) is 1. The maximum atomic E-state index is 8.43. The van der Waals surface area contributed by atoms with Crippen molar-refractivity contribution < 1.29 is 0 Å². The Hall–Kier alpha value is -0.590. The first-order valence-electron chi connectivity index (χ1n) is 5.96. The topological polar surface area (TPSA) is 39.1 Å². The van der Waals surface area contributed by atoms with E-state index in [1.54, 1.807) is 0 Å². The molecule has 3 nitrogen and oxygen atoms in total. The Morgan fingerprint density at radius 1 is 1.33 bits per heavy atom. The lowest BCUT2D eigenvalue weighted by atomic mass is 9.96. The van der Waals surface area contributed by atoms with Gasteiger partial charge in [-0.2, -0.15) is 5.26 Å². The molecule has 1 aliphatic carbocycles. The number of nitriles is 1. The summed E-state index contributed by atoms with van der Waals surface area (Å²) in [6.07, 6.45) is 6.98. The lowest BCUT2D eigenvalue weighted by Crippen LogP contribution is -2.49. The van der Waals surface area contributed by atoms with E-state index in [-0.39, 0.29) is 0 Å². The van der Waals surface area contributed by atoms with Crippen molar-refractivity contribution in [2.75, 3.05) is 27.2 Å². The van der Waals surface area contributed by atoms with Gasteiger partial charge in [-0.05, 0) is 39.9 Å². The number of rotatable bonds is 6. The van der Waals surface area contributed by atoms with Gasteiger partial charge in [0.1, 0.15) is 0 Å². The summed E-state index contributed by atoms with van der Waals surface area (Å²) < 4.78 is 0. The van der Waals surface area contributed by atoms with Gasteiger partial charge in [0.05, 0.1) is 6.07 Å². The van der Waals surface area contributed by atoms with Gasteiger partial charge in [0.2, 0.25) is 0 Å². The molecule has 0 unspecified atom stereocenters. The summed E-state index contributed by atoms with van der Waals surface area (Å²) in [5, 5.41) is 11.9. The van der Waals surface area contributed by atoms with Gasteiger partial charge < -0.3 is 10.2 Å². The van der Waals surface area contributed by atoms with Crippen LogP contribution >= 0.6 is 0 Å². The predicted octanol–water partition coefficient (Wildman–Crippen LogP) is 1.75. The van der Waals surface area contributed by atoms with E-state index < -0.39 is 0 Å². The van der Waals surface area contributed by atoms with Crippen LogP contribution in [0.5, 0.6) is 0 Å². The van der Waals surface area contributed by atoms with Crippen molar-refractivity contribution in [3.63, 3.8) is 0 Å². The Balaban J connectivity index is 2.24. The molecule has 3 heteroatoms. The zero-order valence-corrected chi connectivity index (χ0v) is 10.1. The Bertz CT molecular complexity index is 211. The number of likely N-dealkylation sites (N-methyl/N-ethyl adjacent to an activating group) is 1. The van der Waals surface area contributed by atoms with Crippen molar-refractivity contribution >= 4 is 0 Å². The third-order valence-electron chi connectivity index (χ3n) is 3.58. The minimum absolute atomic E-state index is 0.382. The third-order valence-corrected chi connectivity index (χ3v) is 3.58. The second kappa shape index (κ2) is 6.09. The van der Waals surface area contributed by atoms with E-state index in [0.29, 0.717) is 12.0 Å². The quantitative estimate of drug-likeness (QED) is 0.677. The molecule has 0 aromatic carbocycles. The zero-order chi connectivity index (χ0) is 11.1. The van der Waals surface area contributed by atoms with Crippen molar-refractivity contribution in [1.82, 2.24) is 10.2 Å². The van der Waals surface area contributed by atoms with Crippen molar-refractivity contribution in [2.45, 2.75) is 44.1 Å². The molecule has 86 valence electrons. The first-order chi connectivity index (χ1) is 7.21. The van der Waals surface area contributed by atoms with E-state index in [1.165, 1.54) is 25.7 Å². The van der Waals surface area contributed by atoms with Crippen LogP contribution in [-0.4, -0.2) is 37.6 Å². The highest BCUT2D eigenvalue weighted by atomic mass is 15.2. The van der Waals surface area contributed by atoms with Crippen LogP contribution in [0.25, 0.3) is 0 Å². The molecule has 0 aromatic rings. The standard InChI is InChI=1S/C12H23N3/c1-15(2)12(7-3-4-8-12)11-14-10-6-5-9-13/h14H,3-8,10-11H2,1-2H3. The van der Waals surface area contributed by atoms with E-state index in [9.17, 15) is 0 Å². The summed E-state index contributed by atoms with van der Waals surface area (Å²) in [6.45, 7) is 2.05. The van der Waals surface area contributed by atoms with Crippen LogP contribution in [0.15, 0.2) is 0 Å². The highest BCUT2D eigenvalue weighted by Gasteiger charge is 2.35. The van der Waals surface area contributed by atoms with Gasteiger partial charge in [-0.1, -0.05) is 12.8 Å². The molecule has 0 bridgehead atoms. The number of unbranched alkanes of at least 4 members (excludes halogenated alkanes) is 1. The molecule has 1 aliphatic rings. The third kappa shape index (κ3) is 3.48. The van der Waals surface area contributed by atoms with E-state index in [0.717, 1.165) is 19.5 Å². The summed E-state index contributed by atoms with van der Waals surface area (Å²) in [4.78, 5) is 2.37. The monoisotopic (exact) mass is 209 g/mol. The van der Waals surface area contributed by atoms with E-state index in [1.807, 2.05) is 0 Å². The van der Waals surface area contributed by atoms with Crippen LogP contribution in [0.3, 0.4) is 0 Å². The van der Waals surface area contributed by atoms with Crippen LogP contribution in [0.2, 0.25) is 0 Å². The maximum absolute atomic E-state index is 8.43. The van der Waals surface area contributed by atoms with Crippen molar-refractivity contribution in [2.24, 2.45) is 0 Å². The number of nitrogens with zero attached hydrogens (tertiary/aromatic N) is 2. The molecule has 1 rings (SSSR count). The van der Waals surface area contributed by atoms with Crippen molar-refractivity contribution in [1.29, 1.82) is 5.26 Å². The van der Waals surface area contributed by atoms with Crippen LogP contribution in [-0.2, 0) is 0 Å². The van der Waals surface area contributed by atoms with Crippen LogP contribution in [0.4, 0.5) is 0 Å². The first-order valence-corrected chi connectivity index (χ1v) is 5.96. The summed E-state index contributed by atoms with van der Waals surface area (Å²) in [5.74, 6) is 0. The molecule has 0 aromatic heterocycles. The fourth-order valence-corrected chi connectivity index (χ4v) is 2.43. The van der Waals surface area contributed by atoms with Gasteiger partial charge in [0.25, 0.3) is 0 Å². The van der Waals surface area contributed by atoms with Crippen LogP contribution in [0, 0.1) is 11.3 Å². The molecular weight excluding hydrogens is 186 g/mol. The van der Waals surface area contributed by atoms with E-state index in [2.05, 4.69) is 30.4 Å². The van der Waals surface area contributed by atoms with Crippen LogP contribution in [0.1, 0.15) is 38.5 Å². The minimum atomic E-state index is 0.382. The van der Waals surface area contributed by atoms with Gasteiger partial charge in [0.15, 0.2) is 0 Å². The molecule has 0 spiro atoms. The Kier molecular flexibility index (Phi) is 5.07. The zero-order valence-electron chi connectivity index (χ0n) is 10.1. The fourth-order valence-electron chi connectivity index (χ4n) is 2.43. The molecule has 1 N–H and O–H groups in total. The second-order valence-corrected chi connectivity index (χ2v) is 4.76. The van der Waals surface area contributed by atoms with Gasteiger partial charge in [0, 0.05) is 18.5 Å². The second-order valence-electron chi connectivity index (χ2n) is 4.76. The van der Waals surface area contributed by atoms with E-state index >= 15 is 0 Å². The van der Waals surface area contributed by atoms with Crippen LogP contribution < -0.4 is 5.32 Å². The van der Waals surface area contributed by atoms with Gasteiger partial charge in [-0.25, -0.2) is 0 Å².